The van der Waals surface area contributed by atoms with Gasteiger partial charge in [-0.25, -0.2) is 0 Å². The van der Waals surface area contributed by atoms with Crippen LogP contribution in [0.2, 0.25) is 0 Å². The molecule has 1 aliphatic heterocycles. The van der Waals surface area contributed by atoms with E-state index in [-0.39, 0.29) is 11.8 Å². The minimum Gasteiger partial charge on any atom is -0.496 e. The summed E-state index contributed by atoms with van der Waals surface area (Å²) in [5.41, 5.74) is 6.46. The molecule has 5 rings (SSSR count). The molecule has 0 spiro atoms. The predicted molar refractivity (Wildman–Crippen MR) is 155 cm³/mol. The zero-order valence-electron chi connectivity index (χ0n) is 22.1. The lowest BCUT2D eigenvalue weighted by molar-refractivity contribution is 0.101. The Hall–Kier alpha value is -4.62. The van der Waals surface area contributed by atoms with Crippen LogP contribution in [-0.2, 0) is 4.74 Å². The molecule has 0 atom stereocenters. The topological polar surface area (TPSA) is 79.9 Å². The fourth-order valence-electron chi connectivity index (χ4n) is 4.70. The van der Waals surface area contributed by atoms with Gasteiger partial charge in [0.15, 0.2) is 0 Å². The van der Waals surface area contributed by atoms with Crippen LogP contribution in [0.25, 0.3) is 11.1 Å². The van der Waals surface area contributed by atoms with E-state index in [4.69, 9.17) is 9.47 Å². The van der Waals surface area contributed by atoms with Crippen LogP contribution in [0.5, 0.6) is 5.75 Å². The lowest BCUT2D eigenvalue weighted by atomic mass is 9.98. The average Bonchev–Trinajstić information content (AvgIpc) is 2.98. The molecule has 4 aromatic carbocycles. The molecule has 0 saturated carbocycles. The summed E-state index contributed by atoms with van der Waals surface area (Å²) in [6, 6.07) is 28.3. The summed E-state index contributed by atoms with van der Waals surface area (Å²) in [6.07, 6.45) is 0. The van der Waals surface area contributed by atoms with Crippen molar-refractivity contribution in [3.05, 3.63) is 108 Å². The van der Waals surface area contributed by atoms with Crippen molar-refractivity contribution in [2.24, 2.45) is 0 Å². The van der Waals surface area contributed by atoms with Crippen molar-refractivity contribution in [1.29, 1.82) is 0 Å². The minimum atomic E-state index is -0.240. The number of ether oxygens (including phenoxy) is 2. The van der Waals surface area contributed by atoms with Gasteiger partial charge in [-0.3, -0.25) is 9.59 Å². The van der Waals surface area contributed by atoms with E-state index in [2.05, 4.69) is 15.5 Å². The quantitative estimate of drug-likeness (QED) is 0.311. The molecule has 0 unspecified atom stereocenters. The molecular formula is C32H31N3O4. The minimum absolute atomic E-state index is 0.172. The second kappa shape index (κ2) is 11.8. The van der Waals surface area contributed by atoms with Crippen LogP contribution < -0.4 is 20.3 Å². The van der Waals surface area contributed by atoms with E-state index in [9.17, 15) is 9.59 Å². The number of amides is 2. The fraction of sp³-hybridized carbons (Fsp3) is 0.188. The smallest absolute Gasteiger partial charge is 0.259 e. The van der Waals surface area contributed by atoms with Gasteiger partial charge in [-0.05, 0) is 84.3 Å². The maximum absolute atomic E-state index is 13.0. The van der Waals surface area contributed by atoms with E-state index >= 15 is 0 Å². The lowest BCUT2D eigenvalue weighted by Crippen LogP contribution is -2.36. The Morgan fingerprint density at radius 1 is 0.795 bits per heavy atom. The number of carbonyl (C=O) groups excluding carboxylic acids is 2. The van der Waals surface area contributed by atoms with Gasteiger partial charge in [0.2, 0.25) is 0 Å². The number of hydrogen-bond acceptors (Lipinski definition) is 5. The highest BCUT2D eigenvalue weighted by Crippen LogP contribution is 2.28. The molecular weight excluding hydrogens is 490 g/mol. The highest BCUT2D eigenvalue weighted by Gasteiger charge is 2.14. The highest BCUT2D eigenvalue weighted by atomic mass is 16.5. The third-order valence-electron chi connectivity index (χ3n) is 6.77. The Kier molecular flexibility index (Phi) is 7.89. The molecule has 1 heterocycles. The number of nitrogens with one attached hydrogen (secondary N) is 2. The number of carbonyl (C=O) groups is 2. The monoisotopic (exact) mass is 521 g/mol. The van der Waals surface area contributed by atoms with Crippen LogP contribution in [0.15, 0.2) is 91.0 Å². The van der Waals surface area contributed by atoms with Crippen LogP contribution in [-0.4, -0.2) is 45.2 Å². The second-order valence-corrected chi connectivity index (χ2v) is 9.37. The molecule has 0 aromatic heterocycles. The summed E-state index contributed by atoms with van der Waals surface area (Å²) in [6.45, 7) is 5.18. The van der Waals surface area contributed by atoms with Crippen LogP contribution in [0.4, 0.5) is 17.1 Å². The fourth-order valence-corrected chi connectivity index (χ4v) is 4.70. The first kappa shape index (κ1) is 26.0. The zero-order chi connectivity index (χ0) is 27.2. The van der Waals surface area contributed by atoms with Gasteiger partial charge >= 0.3 is 0 Å². The summed E-state index contributed by atoms with van der Waals surface area (Å²) < 4.78 is 10.7. The molecule has 2 amide bonds. The molecule has 39 heavy (non-hydrogen) atoms. The molecule has 0 radical (unpaired) electrons. The molecule has 2 N–H and O–H groups in total. The Bertz CT molecular complexity index is 1480. The van der Waals surface area contributed by atoms with Crippen molar-refractivity contribution in [2.75, 3.05) is 48.9 Å². The van der Waals surface area contributed by atoms with Crippen LogP contribution in [0.3, 0.4) is 0 Å². The van der Waals surface area contributed by atoms with E-state index in [1.54, 1.807) is 31.4 Å². The third kappa shape index (κ3) is 6.10. The first-order valence-corrected chi connectivity index (χ1v) is 12.9. The lowest BCUT2D eigenvalue weighted by Gasteiger charge is -2.28. The predicted octanol–water partition coefficient (Wildman–Crippen LogP) is 6.01. The normalized spacial score (nSPS) is 13.0. The average molecular weight is 522 g/mol. The van der Waals surface area contributed by atoms with Gasteiger partial charge in [0.05, 0.1) is 25.9 Å². The first-order chi connectivity index (χ1) is 19.0. The van der Waals surface area contributed by atoms with Gasteiger partial charge in [-0.15, -0.1) is 0 Å². The molecule has 1 aliphatic rings. The van der Waals surface area contributed by atoms with Gasteiger partial charge in [0.1, 0.15) is 5.75 Å². The highest BCUT2D eigenvalue weighted by molar-refractivity contribution is 6.06. The molecule has 0 bridgehead atoms. The summed E-state index contributed by atoms with van der Waals surface area (Å²) in [5.74, 6) is 0.108. The van der Waals surface area contributed by atoms with Crippen molar-refractivity contribution in [3.63, 3.8) is 0 Å². The van der Waals surface area contributed by atoms with Crippen molar-refractivity contribution in [3.8, 4) is 16.9 Å². The molecule has 1 fully saturated rings. The van der Waals surface area contributed by atoms with Crippen molar-refractivity contribution in [2.45, 2.75) is 6.92 Å². The SMILES string of the molecule is COc1ccccc1C(=O)Nc1ccc(-c2cccc(C(=O)Nc3ccc(N4CCOCC4)cc3)c2)c(C)c1. The number of nitrogens with zero attached hydrogens (tertiary/aromatic N) is 1. The van der Waals surface area contributed by atoms with E-state index < -0.39 is 0 Å². The molecule has 4 aromatic rings. The van der Waals surface area contributed by atoms with Crippen LogP contribution >= 0.6 is 0 Å². The summed E-state index contributed by atoms with van der Waals surface area (Å²) in [7, 11) is 1.54. The van der Waals surface area contributed by atoms with Crippen molar-refractivity contribution < 1.29 is 19.1 Å². The number of methoxy groups -OCH3 is 1. The van der Waals surface area contributed by atoms with Gasteiger partial charge in [-0.1, -0.05) is 30.3 Å². The number of benzene rings is 4. The number of hydrogen-bond donors (Lipinski definition) is 2. The van der Waals surface area contributed by atoms with Gasteiger partial charge in [0.25, 0.3) is 11.8 Å². The Morgan fingerprint density at radius 3 is 2.26 bits per heavy atom. The molecule has 7 nitrogen and oxygen atoms in total. The molecule has 7 heteroatoms. The number of aryl methyl sites for hydroxylation is 1. The van der Waals surface area contributed by atoms with Crippen LogP contribution in [0.1, 0.15) is 26.3 Å². The van der Waals surface area contributed by atoms with E-state index in [0.717, 1.165) is 54.4 Å². The van der Waals surface area contributed by atoms with Crippen LogP contribution in [0, 0.1) is 6.92 Å². The van der Waals surface area contributed by atoms with Crippen molar-refractivity contribution in [1.82, 2.24) is 0 Å². The molecule has 198 valence electrons. The number of anilines is 3. The summed E-state index contributed by atoms with van der Waals surface area (Å²) in [4.78, 5) is 28.1. The van der Waals surface area contributed by atoms with E-state index in [1.165, 1.54) is 0 Å². The number of para-hydroxylation sites is 1. The maximum Gasteiger partial charge on any atom is 0.259 e. The standard InChI is InChI=1S/C32H31N3O4/c1-22-20-26(34-32(37)29-8-3-4-9-30(29)38-2)12-15-28(22)23-6-5-7-24(21-23)31(36)33-25-10-13-27(14-11-25)35-16-18-39-19-17-35/h3-15,20-21H,16-19H2,1-2H3,(H,33,36)(H,34,37). The maximum atomic E-state index is 13.0. The Morgan fingerprint density at radius 2 is 1.51 bits per heavy atom. The summed E-state index contributed by atoms with van der Waals surface area (Å²) in [5, 5.41) is 5.94. The van der Waals surface area contributed by atoms with E-state index in [0.29, 0.717) is 22.6 Å². The third-order valence-corrected chi connectivity index (χ3v) is 6.77. The number of morpholine rings is 1. The van der Waals surface area contributed by atoms with Gasteiger partial charge in [-0.2, -0.15) is 0 Å². The van der Waals surface area contributed by atoms with E-state index in [1.807, 2.05) is 73.7 Å². The summed E-state index contributed by atoms with van der Waals surface area (Å²) >= 11 is 0. The molecule has 0 aliphatic carbocycles. The Balaban J connectivity index is 1.27. The first-order valence-electron chi connectivity index (χ1n) is 12.9. The van der Waals surface area contributed by atoms with Gasteiger partial charge < -0.3 is 25.0 Å². The van der Waals surface area contributed by atoms with Crippen molar-refractivity contribution >= 4 is 28.9 Å². The Labute approximate surface area is 228 Å². The zero-order valence-corrected chi connectivity index (χ0v) is 22.1. The largest absolute Gasteiger partial charge is 0.496 e. The number of rotatable bonds is 7. The molecule has 1 saturated heterocycles. The second-order valence-electron chi connectivity index (χ2n) is 9.37. The van der Waals surface area contributed by atoms with Gasteiger partial charge in [0, 0.05) is 35.7 Å².